The highest BCUT2D eigenvalue weighted by atomic mass is 32.2. The van der Waals surface area contributed by atoms with Crippen molar-refractivity contribution >= 4 is 32.4 Å². The second-order valence-corrected chi connectivity index (χ2v) is 8.63. The largest absolute Gasteiger partial charge is 0.486 e. The Balaban J connectivity index is 1.81. The minimum absolute atomic E-state index is 0.0137. The summed E-state index contributed by atoms with van der Waals surface area (Å²) in [6.07, 6.45) is 0.467. The van der Waals surface area contributed by atoms with Crippen LogP contribution in [0.3, 0.4) is 0 Å². The Kier molecular flexibility index (Phi) is 4.44. The minimum Gasteiger partial charge on any atom is -0.486 e. The molecule has 5 nitrogen and oxygen atoms in total. The molecule has 118 valence electrons. The average Bonchev–Trinajstić information content (AvgIpc) is 2.87. The van der Waals surface area contributed by atoms with Crippen LogP contribution in [0.2, 0.25) is 0 Å². The normalized spacial score (nSPS) is 23.9. The lowest BCUT2D eigenvalue weighted by Crippen LogP contribution is -2.37. The van der Waals surface area contributed by atoms with Gasteiger partial charge in [-0.3, -0.25) is 4.79 Å². The highest BCUT2D eigenvalue weighted by Gasteiger charge is 2.31. The number of benzene rings is 1. The van der Waals surface area contributed by atoms with Crippen molar-refractivity contribution in [3.8, 4) is 0 Å². The van der Waals surface area contributed by atoms with Crippen molar-refractivity contribution in [2.75, 3.05) is 23.9 Å². The van der Waals surface area contributed by atoms with Gasteiger partial charge in [-0.2, -0.15) is 0 Å². The molecule has 1 fully saturated rings. The summed E-state index contributed by atoms with van der Waals surface area (Å²) in [5.41, 5.74) is 0.941. The summed E-state index contributed by atoms with van der Waals surface area (Å²) in [6.45, 7) is 0.479. The van der Waals surface area contributed by atoms with E-state index in [9.17, 15) is 13.2 Å². The molecule has 0 radical (unpaired) electrons. The molecule has 3 rings (SSSR count). The van der Waals surface area contributed by atoms with Crippen LogP contribution in [0.1, 0.15) is 12.0 Å². The SMILES string of the molecule is O=C(N[C@@H]1CCS(=O)(=O)C1)C1=C(c2ccccc2)SCCO1. The molecule has 1 atom stereocenters. The minimum atomic E-state index is -3.01. The third kappa shape index (κ3) is 3.47. The van der Waals surface area contributed by atoms with Gasteiger partial charge in [0.05, 0.1) is 23.0 Å². The maximum atomic E-state index is 12.4. The number of carbonyl (C=O) groups is 1. The molecular weight excluding hydrogens is 322 g/mol. The van der Waals surface area contributed by atoms with E-state index in [1.165, 1.54) is 0 Å². The molecular formula is C15H17NO4S2. The van der Waals surface area contributed by atoms with E-state index in [-0.39, 0.29) is 23.5 Å². The van der Waals surface area contributed by atoms with Crippen LogP contribution in [-0.2, 0) is 19.4 Å². The molecule has 2 aliphatic rings. The van der Waals surface area contributed by atoms with Gasteiger partial charge >= 0.3 is 0 Å². The Morgan fingerprint density at radius 1 is 1.27 bits per heavy atom. The molecule has 2 heterocycles. The molecule has 2 aliphatic heterocycles. The maximum Gasteiger partial charge on any atom is 0.287 e. The molecule has 1 N–H and O–H groups in total. The molecule has 1 aromatic rings. The number of ether oxygens (including phenoxy) is 1. The Labute approximate surface area is 134 Å². The highest BCUT2D eigenvalue weighted by Crippen LogP contribution is 2.34. The summed E-state index contributed by atoms with van der Waals surface area (Å²) < 4.78 is 28.5. The van der Waals surface area contributed by atoms with E-state index in [0.29, 0.717) is 18.8 Å². The fourth-order valence-electron chi connectivity index (χ4n) is 2.55. The maximum absolute atomic E-state index is 12.4. The van der Waals surface area contributed by atoms with Crippen LogP contribution >= 0.6 is 11.8 Å². The van der Waals surface area contributed by atoms with E-state index in [2.05, 4.69) is 5.32 Å². The van der Waals surface area contributed by atoms with Crippen LogP contribution in [0.4, 0.5) is 0 Å². The molecule has 22 heavy (non-hydrogen) atoms. The molecule has 1 saturated heterocycles. The molecule has 0 spiro atoms. The summed E-state index contributed by atoms with van der Waals surface area (Å²) in [4.78, 5) is 13.3. The number of thioether (sulfide) groups is 1. The van der Waals surface area contributed by atoms with Crippen molar-refractivity contribution in [2.24, 2.45) is 0 Å². The number of hydrogen-bond donors (Lipinski definition) is 1. The van der Waals surface area contributed by atoms with E-state index in [0.717, 1.165) is 16.2 Å². The third-order valence-electron chi connectivity index (χ3n) is 3.59. The van der Waals surface area contributed by atoms with E-state index in [1.54, 1.807) is 11.8 Å². The molecule has 0 aromatic heterocycles. The number of amides is 1. The van der Waals surface area contributed by atoms with Gasteiger partial charge in [-0.15, -0.1) is 11.8 Å². The lowest BCUT2D eigenvalue weighted by molar-refractivity contribution is -0.121. The quantitative estimate of drug-likeness (QED) is 0.902. The summed E-state index contributed by atoms with van der Waals surface area (Å²) in [6, 6.07) is 9.29. The second-order valence-electron chi connectivity index (χ2n) is 5.29. The molecule has 1 aromatic carbocycles. The number of sulfone groups is 1. The summed E-state index contributed by atoms with van der Waals surface area (Å²) in [7, 11) is -3.01. The number of carbonyl (C=O) groups excluding carboxylic acids is 1. The highest BCUT2D eigenvalue weighted by molar-refractivity contribution is 8.08. The zero-order valence-corrected chi connectivity index (χ0v) is 13.6. The van der Waals surface area contributed by atoms with Gasteiger partial charge < -0.3 is 10.1 Å². The van der Waals surface area contributed by atoms with Gasteiger partial charge in [0.2, 0.25) is 0 Å². The second kappa shape index (κ2) is 6.34. The Hall–Kier alpha value is -1.47. The van der Waals surface area contributed by atoms with Crippen molar-refractivity contribution < 1.29 is 17.9 Å². The van der Waals surface area contributed by atoms with Crippen LogP contribution < -0.4 is 5.32 Å². The molecule has 0 aliphatic carbocycles. The summed E-state index contributed by atoms with van der Waals surface area (Å²) in [5.74, 6) is 0.913. The first-order valence-corrected chi connectivity index (χ1v) is 9.92. The fourth-order valence-corrected chi connectivity index (χ4v) is 5.18. The first-order chi connectivity index (χ1) is 10.6. The van der Waals surface area contributed by atoms with Gasteiger partial charge in [-0.25, -0.2) is 8.42 Å². The van der Waals surface area contributed by atoms with Gasteiger partial charge in [-0.1, -0.05) is 30.3 Å². The zero-order valence-electron chi connectivity index (χ0n) is 11.9. The van der Waals surface area contributed by atoms with Crippen molar-refractivity contribution in [1.29, 1.82) is 0 Å². The number of nitrogens with one attached hydrogen (secondary N) is 1. The number of hydrogen-bond acceptors (Lipinski definition) is 5. The van der Waals surface area contributed by atoms with Crippen molar-refractivity contribution in [3.05, 3.63) is 41.7 Å². The zero-order chi connectivity index (χ0) is 15.6. The topological polar surface area (TPSA) is 72.5 Å². The van der Waals surface area contributed by atoms with E-state index in [1.807, 2.05) is 30.3 Å². The van der Waals surface area contributed by atoms with Gasteiger partial charge in [-0.05, 0) is 12.0 Å². The smallest absolute Gasteiger partial charge is 0.287 e. The molecule has 0 saturated carbocycles. The van der Waals surface area contributed by atoms with Gasteiger partial charge in [0.25, 0.3) is 5.91 Å². The lowest BCUT2D eigenvalue weighted by Gasteiger charge is -2.21. The van der Waals surface area contributed by atoms with Crippen LogP contribution in [0, 0.1) is 0 Å². The van der Waals surface area contributed by atoms with Gasteiger partial charge in [0.1, 0.15) is 0 Å². The predicted octanol–water partition coefficient (Wildman–Crippen LogP) is 1.42. The molecule has 7 heteroatoms. The van der Waals surface area contributed by atoms with Crippen LogP contribution in [0.25, 0.3) is 4.91 Å². The van der Waals surface area contributed by atoms with Crippen molar-refractivity contribution in [3.63, 3.8) is 0 Å². The molecule has 1 amide bonds. The first kappa shape index (κ1) is 15.4. The third-order valence-corrected chi connectivity index (χ3v) is 6.44. The van der Waals surface area contributed by atoms with Crippen LogP contribution in [-0.4, -0.2) is 44.2 Å². The molecule has 0 bridgehead atoms. The average molecular weight is 339 g/mol. The first-order valence-electron chi connectivity index (χ1n) is 7.12. The van der Waals surface area contributed by atoms with Crippen LogP contribution in [0.5, 0.6) is 0 Å². The van der Waals surface area contributed by atoms with Gasteiger partial charge in [0, 0.05) is 11.8 Å². The van der Waals surface area contributed by atoms with E-state index in [4.69, 9.17) is 4.74 Å². The van der Waals surface area contributed by atoms with Gasteiger partial charge in [0.15, 0.2) is 15.6 Å². The lowest BCUT2D eigenvalue weighted by atomic mass is 10.2. The Bertz CT molecular complexity index is 698. The fraction of sp³-hybridized carbons (Fsp3) is 0.400. The standard InChI is InChI=1S/C15H17NO4S2/c17-15(16-12-6-9-22(18,19)10-12)13-14(21-8-7-20-13)11-4-2-1-3-5-11/h1-5,12H,6-10H2,(H,16,17)/t12-/m1/s1. The molecule has 0 unspecified atom stereocenters. The predicted molar refractivity (Wildman–Crippen MR) is 87.0 cm³/mol. The van der Waals surface area contributed by atoms with E-state index < -0.39 is 9.84 Å². The van der Waals surface area contributed by atoms with Crippen LogP contribution in [0.15, 0.2) is 36.1 Å². The van der Waals surface area contributed by atoms with Crippen molar-refractivity contribution in [2.45, 2.75) is 12.5 Å². The summed E-state index contributed by atoms with van der Waals surface area (Å²) >= 11 is 1.59. The van der Waals surface area contributed by atoms with Crippen molar-refractivity contribution in [1.82, 2.24) is 5.32 Å². The Morgan fingerprint density at radius 2 is 2.05 bits per heavy atom. The van der Waals surface area contributed by atoms with E-state index >= 15 is 0 Å². The monoisotopic (exact) mass is 339 g/mol. The summed E-state index contributed by atoms with van der Waals surface area (Å²) in [5, 5.41) is 2.79. The Morgan fingerprint density at radius 3 is 2.73 bits per heavy atom. The number of rotatable bonds is 3.